The van der Waals surface area contributed by atoms with Crippen molar-refractivity contribution in [3.8, 4) is 0 Å². The third-order valence-electron chi connectivity index (χ3n) is 3.80. The van der Waals surface area contributed by atoms with Gasteiger partial charge in [-0.2, -0.15) is 0 Å². The Labute approximate surface area is 114 Å². The van der Waals surface area contributed by atoms with Gasteiger partial charge < -0.3 is 15.2 Å². The number of hydrogen-bond donors (Lipinski definition) is 2. The van der Waals surface area contributed by atoms with Crippen LogP contribution in [0.15, 0.2) is 0 Å². The lowest BCUT2D eigenvalue weighted by Gasteiger charge is -2.25. The highest BCUT2D eigenvalue weighted by molar-refractivity contribution is 5.85. The summed E-state index contributed by atoms with van der Waals surface area (Å²) in [6, 6.07) is -0.0532. The zero-order valence-electron chi connectivity index (χ0n) is 12.0. The van der Waals surface area contributed by atoms with Gasteiger partial charge in [-0.1, -0.05) is 20.3 Å². The summed E-state index contributed by atoms with van der Waals surface area (Å²) >= 11 is 0. The summed E-state index contributed by atoms with van der Waals surface area (Å²) in [6.07, 6.45) is 2.08. The van der Waals surface area contributed by atoms with E-state index in [1.54, 1.807) is 0 Å². The summed E-state index contributed by atoms with van der Waals surface area (Å²) in [5.41, 5.74) is 0. The van der Waals surface area contributed by atoms with Crippen LogP contribution >= 0.6 is 0 Å². The minimum absolute atomic E-state index is 0.0532. The van der Waals surface area contributed by atoms with E-state index in [2.05, 4.69) is 5.32 Å². The van der Waals surface area contributed by atoms with Crippen molar-refractivity contribution in [1.29, 1.82) is 0 Å². The second-order valence-corrected chi connectivity index (χ2v) is 5.50. The Kier molecular flexibility index (Phi) is 6.28. The normalized spacial score (nSPS) is 24.4. The average Bonchev–Trinajstić information content (AvgIpc) is 2.83. The average molecular weight is 271 g/mol. The first-order chi connectivity index (χ1) is 8.97. The van der Waals surface area contributed by atoms with Gasteiger partial charge in [0, 0.05) is 6.61 Å². The summed E-state index contributed by atoms with van der Waals surface area (Å²) < 4.78 is 5.36. The molecule has 0 radical (unpaired) electrons. The molecule has 0 bridgehead atoms. The summed E-state index contributed by atoms with van der Waals surface area (Å²) in [4.78, 5) is 23.3. The number of hydrogen-bond acceptors (Lipinski definition) is 3. The summed E-state index contributed by atoms with van der Waals surface area (Å²) in [7, 11) is 0. The third kappa shape index (κ3) is 4.49. The second kappa shape index (κ2) is 7.48. The number of rotatable bonds is 7. The van der Waals surface area contributed by atoms with Crippen molar-refractivity contribution in [1.82, 2.24) is 5.32 Å². The second-order valence-electron chi connectivity index (χ2n) is 5.50. The van der Waals surface area contributed by atoms with E-state index in [1.807, 2.05) is 20.8 Å². The van der Waals surface area contributed by atoms with Gasteiger partial charge in [0.05, 0.1) is 24.5 Å². The van der Waals surface area contributed by atoms with Gasteiger partial charge >= 0.3 is 5.97 Å². The Morgan fingerprint density at radius 3 is 2.47 bits per heavy atom. The van der Waals surface area contributed by atoms with Crippen LogP contribution in [-0.4, -0.2) is 36.2 Å². The van der Waals surface area contributed by atoms with Crippen LogP contribution in [0.4, 0.5) is 0 Å². The first-order valence-corrected chi connectivity index (χ1v) is 7.08. The van der Waals surface area contributed by atoms with Crippen LogP contribution in [0.5, 0.6) is 0 Å². The standard InChI is InChI=1S/C14H25NO4/c1-4-19-8-12(9(2)3)15-13(16)10-6-5-7-11(10)14(17)18/h9-12H,4-8H2,1-3H3,(H,15,16)(H,17,18). The maximum Gasteiger partial charge on any atom is 0.307 e. The number of ether oxygens (including phenoxy) is 1. The minimum Gasteiger partial charge on any atom is -0.481 e. The number of carboxylic acids is 1. The van der Waals surface area contributed by atoms with Gasteiger partial charge in [0.2, 0.25) is 5.91 Å². The SMILES string of the molecule is CCOCC(NC(=O)C1CCCC1C(=O)O)C(C)C. The number of carbonyl (C=O) groups excluding carboxylic acids is 1. The highest BCUT2D eigenvalue weighted by atomic mass is 16.5. The predicted molar refractivity (Wildman–Crippen MR) is 71.7 cm³/mol. The van der Waals surface area contributed by atoms with Crippen molar-refractivity contribution in [2.75, 3.05) is 13.2 Å². The molecule has 1 amide bonds. The van der Waals surface area contributed by atoms with Gasteiger partial charge in [0.25, 0.3) is 0 Å². The monoisotopic (exact) mass is 271 g/mol. The molecule has 3 atom stereocenters. The van der Waals surface area contributed by atoms with Crippen LogP contribution in [0.2, 0.25) is 0 Å². The topological polar surface area (TPSA) is 75.6 Å². The van der Waals surface area contributed by atoms with Gasteiger partial charge in [-0.15, -0.1) is 0 Å². The number of amides is 1. The van der Waals surface area contributed by atoms with Crippen LogP contribution in [0.3, 0.4) is 0 Å². The van der Waals surface area contributed by atoms with Crippen LogP contribution in [-0.2, 0) is 14.3 Å². The van der Waals surface area contributed by atoms with Gasteiger partial charge in [-0.05, 0) is 25.7 Å². The van der Waals surface area contributed by atoms with E-state index < -0.39 is 11.9 Å². The fourth-order valence-electron chi connectivity index (χ4n) is 2.50. The Morgan fingerprint density at radius 1 is 1.32 bits per heavy atom. The molecule has 0 aliphatic heterocycles. The van der Waals surface area contributed by atoms with Crippen molar-refractivity contribution in [2.45, 2.75) is 46.1 Å². The number of aliphatic carboxylic acids is 1. The molecule has 5 heteroatoms. The lowest BCUT2D eigenvalue weighted by atomic mass is 9.94. The number of nitrogens with one attached hydrogen (secondary N) is 1. The fraction of sp³-hybridized carbons (Fsp3) is 0.857. The lowest BCUT2D eigenvalue weighted by Crippen LogP contribution is -2.46. The Hall–Kier alpha value is -1.10. The van der Waals surface area contributed by atoms with E-state index in [9.17, 15) is 9.59 Å². The van der Waals surface area contributed by atoms with Crippen molar-refractivity contribution < 1.29 is 19.4 Å². The molecule has 0 aromatic carbocycles. The first-order valence-electron chi connectivity index (χ1n) is 7.08. The first kappa shape index (κ1) is 16.0. The number of carboxylic acid groups (broad SMARTS) is 1. The van der Waals surface area contributed by atoms with E-state index in [0.29, 0.717) is 26.1 Å². The molecular formula is C14H25NO4. The molecule has 1 aliphatic carbocycles. The molecule has 2 N–H and O–H groups in total. The summed E-state index contributed by atoms with van der Waals surface area (Å²) in [5, 5.41) is 12.1. The van der Waals surface area contributed by atoms with Crippen molar-refractivity contribution in [2.24, 2.45) is 17.8 Å². The van der Waals surface area contributed by atoms with Crippen LogP contribution in [0.25, 0.3) is 0 Å². The Balaban J connectivity index is 2.58. The zero-order chi connectivity index (χ0) is 14.4. The Bertz CT molecular complexity index is 317. The van der Waals surface area contributed by atoms with Crippen LogP contribution in [0.1, 0.15) is 40.0 Å². The molecule has 0 aromatic rings. The van der Waals surface area contributed by atoms with Crippen molar-refractivity contribution in [3.63, 3.8) is 0 Å². The Morgan fingerprint density at radius 2 is 1.95 bits per heavy atom. The number of carbonyl (C=O) groups is 2. The highest BCUT2D eigenvalue weighted by Crippen LogP contribution is 2.32. The van der Waals surface area contributed by atoms with E-state index >= 15 is 0 Å². The molecule has 1 saturated carbocycles. The van der Waals surface area contributed by atoms with Gasteiger partial charge in [0.1, 0.15) is 0 Å². The van der Waals surface area contributed by atoms with E-state index in [1.165, 1.54) is 0 Å². The summed E-state index contributed by atoms with van der Waals surface area (Å²) in [6.45, 7) is 7.04. The molecule has 0 spiro atoms. The summed E-state index contributed by atoms with van der Waals surface area (Å²) in [5.74, 6) is -1.65. The van der Waals surface area contributed by atoms with Gasteiger partial charge in [-0.3, -0.25) is 9.59 Å². The van der Waals surface area contributed by atoms with Crippen LogP contribution < -0.4 is 5.32 Å². The van der Waals surface area contributed by atoms with Gasteiger partial charge in [0.15, 0.2) is 0 Å². The van der Waals surface area contributed by atoms with E-state index in [4.69, 9.17) is 9.84 Å². The van der Waals surface area contributed by atoms with Crippen LogP contribution in [0, 0.1) is 17.8 Å². The van der Waals surface area contributed by atoms with E-state index in [0.717, 1.165) is 6.42 Å². The van der Waals surface area contributed by atoms with Crippen molar-refractivity contribution >= 4 is 11.9 Å². The van der Waals surface area contributed by atoms with Crippen molar-refractivity contribution in [3.05, 3.63) is 0 Å². The molecule has 1 fully saturated rings. The quantitative estimate of drug-likeness (QED) is 0.738. The maximum atomic E-state index is 12.2. The molecular weight excluding hydrogens is 246 g/mol. The molecule has 0 aromatic heterocycles. The van der Waals surface area contributed by atoms with Gasteiger partial charge in [-0.25, -0.2) is 0 Å². The molecule has 0 saturated heterocycles. The fourth-order valence-corrected chi connectivity index (χ4v) is 2.50. The molecule has 0 heterocycles. The zero-order valence-corrected chi connectivity index (χ0v) is 12.0. The van der Waals surface area contributed by atoms with E-state index in [-0.39, 0.29) is 23.8 Å². The third-order valence-corrected chi connectivity index (χ3v) is 3.80. The highest BCUT2D eigenvalue weighted by Gasteiger charge is 2.38. The molecule has 1 aliphatic rings. The lowest BCUT2D eigenvalue weighted by molar-refractivity contribution is -0.146. The molecule has 3 unspecified atom stereocenters. The smallest absolute Gasteiger partial charge is 0.307 e. The molecule has 19 heavy (non-hydrogen) atoms. The molecule has 5 nitrogen and oxygen atoms in total. The molecule has 1 rings (SSSR count). The predicted octanol–water partition coefficient (Wildman–Crippen LogP) is 1.66. The minimum atomic E-state index is -0.858. The largest absolute Gasteiger partial charge is 0.481 e. The maximum absolute atomic E-state index is 12.2. The molecule has 110 valence electrons.